The average molecular weight is 103 g/mol. The Bertz CT molecular complexity index is 54.6. The van der Waals surface area contributed by atoms with Crippen molar-refractivity contribution in [2.24, 2.45) is 0 Å². The topological polar surface area (TPSA) is 14.1 Å². The maximum absolute atomic E-state index is 4.31. The van der Waals surface area contributed by atoms with Gasteiger partial charge in [0.25, 0.3) is 0 Å². The van der Waals surface area contributed by atoms with Gasteiger partial charge in [-0.1, -0.05) is 14.0 Å². The highest BCUT2D eigenvalue weighted by Crippen LogP contribution is 2.64. The lowest BCUT2D eigenvalue weighted by atomic mass is 10.8. The van der Waals surface area contributed by atoms with Crippen molar-refractivity contribution in [2.75, 3.05) is 26.0 Å². The van der Waals surface area contributed by atoms with Crippen molar-refractivity contribution >= 4 is 7.41 Å². The highest BCUT2D eigenvalue weighted by molar-refractivity contribution is 7.78. The molecule has 0 aromatic heterocycles. The molecule has 0 bridgehead atoms. The van der Waals surface area contributed by atoms with Crippen LogP contribution in [-0.2, 0) is 0 Å². The quantitative estimate of drug-likeness (QED) is 0.413. The van der Waals surface area contributed by atoms with E-state index >= 15 is 0 Å². The van der Waals surface area contributed by atoms with Gasteiger partial charge in [0.15, 0.2) is 0 Å². The van der Waals surface area contributed by atoms with Gasteiger partial charge < -0.3 is 5.09 Å². The van der Waals surface area contributed by atoms with Crippen LogP contribution in [0, 0.1) is 0 Å². The van der Waals surface area contributed by atoms with Crippen molar-refractivity contribution in [3.8, 4) is 0 Å². The van der Waals surface area contributed by atoms with Gasteiger partial charge in [-0.25, -0.2) is 0 Å². The lowest BCUT2D eigenvalue weighted by molar-refractivity contribution is 1.23. The Morgan fingerprint density at radius 2 is 1.83 bits per heavy atom. The SMILES string of the molecule is C[P+]1(C)CC[N-]1. The summed E-state index contributed by atoms with van der Waals surface area (Å²) in [6.45, 7) is 5.69. The maximum Gasteiger partial charge on any atom is 0.0356 e. The van der Waals surface area contributed by atoms with E-state index in [1.165, 1.54) is 6.16 Å². The van der Waals surface area contributed by atoms with E-state index in [9.17, 15) is 0 Å². The van der Waals surface area contributed by atoms with E-state index in [2.05, 4.69) is 18.4 Å². The van der Waals surface area contributed by atoms with Crippen molar-refractivity contribution in [1.82, 2.24) is 0 Å². The molecule has 0 unspecified atom stereocenters. The Morgan fingerprint density at radius 1 is 1.50 bits per heavy atom. The molecule has 1 saturated heterocycles. The number of rotatable bonds is 0. The summed E-state index contributed by atoms with van der Waals surface area (Å²) in [5, 5.41) is 4.31. The maximum atomic E-state index is 4.31. The molecule has 0 atom stereocenters. The molecule has 1 fully saturated rings. The summed E-state index contributed by atoms with van der Waals surface area (Å²) in [6, 6.07) is 0. The number of nitrogens with zero attached hydrogens (tertiary/aromatic N) is 1. The first-order chi connectivity index (χ1) is 2.71. The van der Waals surface area contributed by atoms with Crippen LogP contribution in [0.5, 0.6) is 0 Å². The van der Waals surface area contributed by atoms with Crippen LogP contribution in [-0.4, -0.2) is 26.0 Å². The fourth-order valence-corrected chi connectivity index (χ4v) is 1.50. The summed E-state index contributed by atoms with van der Waals surface area (Å²) in [5.74, 6) is 0. The molecule has 1 rings (SSSR count). The molecule has 2 heteroatoms. The first-order valence-electron chi connectivity index (χ1n) is 2.23. The molecule has 1 aliphatic rings. The zero-order chi connectivity index (χ0) is 4.62. The van der Waals surface area contributed by atoms with E-state index in [0.717, 1.165) is 6.54 Å². The molecule has 36 valence electrons. The predicted molar refractivity (Wildman–Crippen MR) is 31.9 cm³/mol. The van der Waals surface area contributed by atoms with Gasteiger partial charge in [0.2, 0.25) is 0 Å². The Hall–Kier alpha value is 0.390. The summed E-state index contributed by atoms with van der Waals surface area (Å²) in [6.07, 6.45) is 1.40. The Kier molecular flexibility index (Phi) is 0.893. The second kappa shape index (κ2) is 1.18. The van der Waals surface area contributed by atoms with Gasteiger partial charge in [-0.2, -0.15) is 0 Å². The van der Waals surface area contributed by atoms with Crippen LogP contribution < -0.4 is 0 Å². The zero-order valence-electron chi connectivity index (χ0n) is 4.31. The smallest absolute Gasteiger partial charge is 0.0356 e. The molecule has 0 saturated carbocycles. The minimum Gasteiger partial charge on any atom is -0.488 e. The van der Waals surface area contributed by atoms with Gasteiger partial charge in [-0.3, -0.25) is 0 Å². The van der Waals surface area contributed by atoms with Crippen molar-refractivity contribution in [2.45, 2.75) is 0 Å². The second-order valence-electron chi connectivity index (χ2n) is 2.21. The molecule has 0 radical (unpaired) electrons. The Balaban J connectivity index is 2.31. The fourth-order valence-electron chi connectivity index (χ4n) is 0.500. The van der Waals surface area contributed by atoms with Crippen LogP contribution >= 0.6 is 7.41 Å². The third kappa shape index (κ3) is 0.717. The third-order valence-corrected chi connectivity index (χ3v) is 3.39. The highest BCUT2D eigenvalue weighted by atomic mass is 31.2. The third-order valence-electron chi connectivity index (χ3n) is 1.13. The molecule has 1 nitrogen and oxygen atoms in total. The van der Waals surface area contributed by atoms with Crippen molar-refractivity contribution in [3.05, 3.63) is 5.09 Å². The Morgan fingerprint density at radius 3 is 1.83 bits per heavy atom. The van der Waals surface area contributed by atoms with Crippen molar-refractivity contribution < 1.29 is 0 Å². The van der Waals surface area contributed by atoms with Crippen molar-refractivity contribution in [1.29, 1.82) is 0 Å². The van der Waals surface area contributed by atoms with Gasteiger partial charge in [0.05, 0.1) is 0 Å². The lowest BCUT2D eigenvalue weighted by Gasteiger charge is -2.42. The van der Waals surface area contributed by atoms with E-state index < -0.39 is 7.41 Å². The van der Waals surface area contributed by atoms with Crippen molar-refractivity contribution in [3.63, 3.8) is 0 Å². The molecule has 0 aromatic rings. The van der Waals surface area contributed by atoms with Crippen LogP contribution in [0.4, 0.5) is 0 Å². The average Bonchev–Trinajstić information content (AvgIpc) is 1.32. The van der Waals surface area contributed by atoms with Crippen LogP contribution in [0.1, 0.15) is 0 Å². The Labute approximate surface area is 39.5 Å². The minimum atomic E-state index is -0.591. The zero-order valence-corrected chi connectivity index (χ0v) is 5.20. The molecule has 1 aliphatic heterocycles. The predicted octanol–water partition coefficient (Wildman–Crippen LogP) is 1.57. The lowest BCUT2D eigenvalue weighted by Crippen LogP contribution is -2.09. The summed E-state index contributed by atoms with van der Waals surface area (Å²) in [5.41, 5.74) is 0. The molecule has 6 heavy (non-hydrogen) atoms. The normalized spacial score (nSPS) is 29.0. The standard InChI is InChI=1S/C4H10NP/c1-6(2)4-3-5-6/h3-4H2,1-2H3. The molecular formula is C4H10NP. The number of hydrogen-bond acceptors (Lipinski definition) is 0. The van der Waals surface area contributed by atoms with E-state index in [0.29, 0.717) is 0 Å². The largest absolute Gasteiger partial charge is 0.488 e. The fraction of sp³-hybridized carbons (Fsp3) is 1.00. The number of hydrogen-bond donors (Lipinski definition) is 0. The summed E-state index contributed by atoms with van der Waals surface area (Å²) in [7, 11) is -0.591. The summed E-state index contributed by atoms with van der Waals surface area (Å²) >= 11 is 0. The summed E-state index contributed by atoms with van der Waals surface area (Å²) in [4.78, 5) is 0. The van der Waals surface area contributed by atoms with E-state index in [4.69, 9.17) is 0 Å². The van der Waals surface area contributed by atoms with Crippen LogP contribution in [0.15, 0.2) is 0 Å². The van der Waals surface area contributed by atoms with E-state index in [1.807, 2.05) is 0 Å². The van der Waals surface area contributed by atoms with Gasteiger partial charge in [-0.05, 0) is 0 Å². The van der Waals surface area contributed by atoms with E-state index in [1.54, 1.807) is 0 Å². The molecule has 0 N–H and O–H groups in total. The van der Waals surface area contributed by atoms with Crippen LogP contribution in [0.3, 0.4) is 0 Å². The van der Waals surface area contributed by atoms with Crippen LogP contribution in [0.25, 0.3) is 5.09 Å². The van der Waals surface area contributed by atoms with E-state index in [-0.39, 0.29) is 0 Å². The molecule has 0 aromatic carbocycles. The van der Waals surface area contributed by atoms with Crippen LogP contribution in [0.2, 0.25) is 0 Å². The molecule has 1 heterocycles. The van der Waals surface area contributed by atoms with Gasteiger partial charge in [-0.15, -0.1) is 0 Å². The monoisotopic (exact) mass is 103 g/mol. The van der Waals surface area contributed by atoms with Gasteiger partial charge in [0, 0.05) is 19.5 Å². The second-order valence-corrected chi connectivity index (χ2v) is 6.18. The molecule has 0 spiro atoms. The highest BCUT2D eigenvalue weighted by Gasteiger charge is 2.19. The summed E-state index contributed by atoms with van der Waals surface area (Å²) < 4.78 is 0. The first-order valence-corrected chi connectivity index (χ1v) is 5.05. The van der Waals surface area contributed by atoms with Gasteiger partial charge >= 0.3 is 0 Å². The molecular weight excluding hydrogens is 93.0 g/mol. The van der Waals surface area contributed by atoms with Gasteiger partial charge in [0.1, 0.15) is 0 Å². The molecule has 0 aliphatic carbocycles. The molecule has 0 amide bonds. The first kappa shape index (κ1) is 4.55. The minimum absolute atomic E-state index is 0.591.